The van der Waals surface area contributed by atoms with Crippen molar-refractivity contribution in [3.63, 3.8) is 0 Å². The van der Waals surface area contributed by atoms with Crippen LogP contribution in [0.1, 0.15) is 44.9 Å². The summed E-state index contributed by atoms with van der Waals surface area (Å²) >= 11 is 0. The number of hydrogen-bond donors (Lipinski definition) is 4. The Balaban J connectivity index is 0.000000324. The van der Waals surface area contributed by atoms with Gasteiger partial charge in [0.15, 0.2) is 11.5 Å². The standard InChI is InChI=1S/C15H14F2N8O.C7H14.CH4O/c1-6-20-9-3-2-8(21-14(9)24(6)5-10(16)17)7-4-11(26)25-12(7)13(18)22-15(19)23-25;1-7-5-3-2-4-6-7;1-2/h2-4,10,26H,5H2,1H3,(H4,18,19,22,23);7H,2-6H2,1H3;2H,1H3. The van der Waals surface area contributed by atoms with E-state index < -0.39 is 13.0 Å². The largest absolute Gasteiger partial charge is 0.493 e. The van der Waals surface area contributed by atoms with Gasteiger partial charge in [0.2, 0.25) is 11.8 Å². The zero-order chi connectivity index (χ0) is 25.7. The van der Waals surface area contributed by atoms with Crippen LogP contribution in [0.15, 0.2) is 18.2 Å². The van der Waals surface area contributed by atoms with Crippen molar-refractivity contribution in [1.82, 2.24) is 29.1 Å². The predicted octanol–water partition coefficient (Wildman–Crippen LogP) is 3.78. The Morgan fingerprint density at radius 1 is 1.09 bits per heavy atom. The van der Waals surface area contributed by atoms with Crippen LogP contribution in [0.2, 0.25) is 0 Å². The van der Waals surface area contributed by atoms with E-state index in [-0.39, 0.29) is 17.6 Å². The van der Waals surface area contributed by atoms with E-state index in [4.69, 9.17) is 16.6 Å². The first kappa shape index (κ1) is 26.1. The number of imidazole rings is 1. The molecule has 6 N–H and O–H groups in total. The third-order valence-electron chi connectivity index (χ3n) is 5.91. The SMILES string of the molecule is CC1CCCCC1.CO.Cc1nc2ccc(-c3cc(O)n4nc(N)nc(N)c34)nc2n1CC(F)F. The molecule has 4 heterocycles. The number of nitrogens with two attached hydrogens (primary N) is 2. The number of alkyl halides is 2. The van der Waals surface area contributed by atoms with Gasteiger partial charge >= 0.3 is 0 Å². The molecule has 0 spiro atoms. The number of aromatic hydroxyl groups is 1. The molecule has 35 heavy (non-hydrogen) atoms. The number of nitrogen functional groups attached to an aromatic ring is 2. The van der Waals surface area contributed by atoms with E-state index in [2.05, 4.69) is 27.0 Å². The topological polar surface area (TPSA) is 153 Å². The molecule has 1 aliphatic carbocycles. The maximum Gasteiger partial charge on any atom is 0.256 e. The molecular weight excluding hydrogens is 458 g/mol. The van der Waals surface area contributed by atoms with Crippen molar-refractivity contribution in [2.24, 2.45) is 5.92 Å². The van der Waals surface area contributed by atoms with Crippen molar-refractivity contribution in [1.29, 1.82) is 0 Å². The molecule has 0 aromatic carbocycles. The molecule has 4 aromatic heterocycles. The molecule has 5 rings (SSSR count). The van der Waals surface area contributed by atoms with E-state index in [0.717, 1.165) is 17.5 Å². The van der Waals surface area contributed by atoms with Crippen LogP contribution in [0.5, 0.6) is 5.88 Å². The van der Waals surface area contributed by atoms with Gasteiger partial charge in [-0.25, -0.2) is 18.7 Å². The van der Waals surface area contributed by atoms with Gasteiger partial charge in [-0.05, 0) is 25.0 Å². The molecule has 190 valence electrons. The van der Waals surface area contributed by atoms with Crippen molar-refractivity contribution >= 4 is 28.4 Å². The van der Waals surface area contributed by atoms with Crippen molar-refractivity contribution in [2.45, 2.75) is 58.9 Å². The minimum absolute atomic E-state index is 0.0620. The summed E-state index contributed by atoms with van der Waals surface area (Å²) in [7, 11) is 1.00. The summed E-state index contributed by atoms with van der Waals surface area (Å²) in [6.45, 7) is 3.49. The summed E-state index contributed by atoms with van der Waals surface area (Å²) < 4.78 is 28.2. The molecule has 0 saturated heterocycles. The van der Waals surface area contributed by atoms with Crippen LogP contribution in [0.3, 0.4) is 0 Å². The van der Waals surface area contributed by atoms with Gasteiger partial charge in [0, 0.05) is 18.7 Å². The second kappa shape index (κ2) is 11.3. The number of pyridine rings is 1. The summed E-state index contributed by atoms with van der Waals surface area (Å²) in [6.07, 6.45) is 4.90. The smallest absolute Gasteiger partial charge is 0.256 e. The zero-order valence-corrected chi connectivity index (χ0v) is 20.1. The van der Waals surface area contributed by atoms with Crippen molar-refractivity contribution in [3.05, 3.63) is 24.0 Å². The molecule has 12 heteroatoms. The first-order valence-electron chi connectivity index (χ1n) is 11.5. The maximum atomic E-state index is 12.9. The first-order valence-corrected chi connectivity index (χ1v) is 11.5. The number of anilines is 2. The lowest BCUT2D eigenvalue weighted by atomic mass is 9.91. The van der Waals surface area contributed by atoms with Crippen LogP contribution < -0.4 is 11.5 Å². The molecule has 0 unspecified atom stereocenters. The van der Waals surface area contributed by atoms with Gasteiger partial charge < -0.3 is 26.2 Å². The fourth-order valence-electron chi connectivity index (χ4n) is 4.26. The molecule has 0 aliphatic heterocycles. The molecule has 1 fully saturated rings. The lowest BCUT2D eigenvalue weighted by Gasteiger charge is -2.15. The Kier molecular flexibility index (Phi) is 8.39. The summed E-state index contributed by atoms with van der Waals surface area (Å²) in [5.74, 6) is 1.24. The van der Waals surface area contributed by atoms with Gasteiger partial charge in [-0.15, -0.1) is 5.10 Å². The molecule has 0 amide bonds. The monoisotopic (exact) mass is 490 g/mol. The molecular formula is C23H32F2N8O2. The summed E-state index contributed by atoms with van der Waals surface area (Å²) in [4.78, 5) is 12.6. The number of aliphatic hydroxyl groups is 1. The van der Waals surface area contributed by atoms with Gasteiger partial charge in [-0.3, -0.25) is 0 Å². The number of fused-ring (bicyclic) bond motifs is 2. The van der Waals surface area contributed by atoms with Gasteiger partial charge in [-0.1, -0.05) is 39.0 Å². The van der Waals surface area contributed by atoms with Crippen LogP contribution in [0, 0.1) is 12.8 Å². The Morgan fingerprint density at radius 2 is 1.77 bits per heavy atom. The number of rotatable bonds is 3. The van der Waals surface area contributed by atoms with Crippen LogP contribution in [-0.4, -0.2) is 52.9 Å². The third kappa shape index (κ3) is 5.76. The minimum atomic E-state index is -2.54. The maximum absolute atomic E-state index is 12.9. The number of aliphatic hydroxyl groups excluding tert-OH is 1. The molecule has 1 saturated carbocycles. The number of hydrogen-bond acceptors (Lipinski definition) is 8. The average molecular weight is 491 g/mol. The second-order valence-corrected chi connectivity index (χ2v) is 8.47. The van der Waals surface area contributed by atoms with Crippen LogP contribution in [-0.2, 0) is 6.54 Å². The highest BCUT2D eigenvalue weighted by molar-refractivity contribution is 5.89. The Morgan fingerprint density at radius 3 is 2.37 bits per heavy atom. The van der Waals surface area contributed by atoms with Crippen molar-refractivity contribution < 1.29 is 19.0 Å². The lowest BCUT2D eigenvalue weighted by molar-refractivity contribution is 0.127. The van der Waals surface area contributed by atoms with Crippen LogP contribution in [0.4, 0.5) is 20.5 Å². The Labute approximate surface area is 201 Å². The van der Waals surface area contributed by atoms with Gasteiger partial charge in [0.25, 0.3) is 6.43 Å². The number of nitrogens with zero attached hydrogens (tertiary/aromatic N) is 6. The zero-order valence-electron chi connectivity index (χ0n) is 20.1. The molecule has 4 aromatic rings. The predicted molar refractivity (Wildman–Crippen MR) is 131 cm³/mol. The number of halogens is 2. The van der Waals surface area contributed by atoms with E-state index in [9.17, 15) is 13.9 Å². The van der Waals surface area contributed by atoms with Crippen LogP contribution >= 0.6 is 0 Å². The molecule has 0 atom stereocenters. The summed E-state index contributed by atoms with van der Waals surface area (Å²) in [5.41, 5.74) is 13.4. The average Bonchev–Trinajstić information content (AvgIpc) is 3.32. The quantitative estimate of drug-likeness (QED) is 0.338. The van der Waals surface area contributed by atoms with Crippen LogP contribution in [0.25, 0.3) is 27.9 Å². The molecule has 10 nitrogen and oxygen atoms in total. The Bertz CT molecular complexity index is 1280. The molecule has 0 radical (unpaired) electrons. The van der Waals surface area contributed by atoms with E-state index in [1.165, 1.54) is 42.7 Å². The van der Waals surface area contributed by atoms with Crippen molar-refractivity contribution in [3.8, 4) is 17.1 Å². The fraction of sp³-hybridized carbons (Fsp3) is 0.478. The Hall–Kier alpha value is -3.54. The molecule has 0 bridgehead atoms. The normalized spacial score (nSPS) is 14.0. The molecule has 1 aliphatic rings. The van der Waals surface area contributed by atoms with Crippen molar-refractivity contribution in [2.75, 3.05) is 18.6 Å². The van der Waals surface area contributed by atoms with E-state index >= 15 is 0 Å². The van der Waals surface area contributed by atoms with Gasteiger partial charge in [-0.2, -0.15) is 9.50 Å². The van der Waals surface area contributed by atoms with E-state index in [0.29, 0.717) is 33.8 Å². The van der Waals surface area contributed by atoms with Gasteiger partial charge in [0.1, 0.15) is 16.9 Å². The highest BCUT2D eigenvalue weighted by Crippen LogP contribution is 2.33. The fourth-order valence-corrected chi connectivity index (χ4v) is 4.26. The minimum Gasteiger partial charge on any atom is -0.493 e. The number of aromatic nitrogens is 6. The third-order valence-corrected chi connectivity index (χ3v) is 5.91. The highest BCUT2D eigenvalue weighted by Gasteiger charge is 2.19. The first-order chi connectivity index (χ1) is 16.7. The number of aryl methyl sites for hydroxylation is 1. The summed E-state index contributed by atoms with van der Waals surface area (Å²) in [5, 5.41) is 21.0. The highest BCUT2D eigenvalue weighted by atomic mass is 19.3. The van der Waals surface area contributed by atoms with E-state index in [1.807, 2.05) is 0 Å². The lowest BCUT2D eigenvalue weighted by Crippen LogP contribution is -2.09. The summed E-state index contributed by atoms with van der Waals surface area (Å²) in [6, 6.07) is 4.74. The van der Waals surface area contributed by atoms with Gasteiger partial charge in [0.05, 0.1) is 12.2 Å². The second-order valence-electron chi connectivity index (χ2n) is 8.47. The van der Waals surface area contributed by atoms with E-state index in [1.54, 1.807) is 19.1 Å².